The predicted octanol–water partition coefficient (Wildman–Crippen LogP) is 6.04. The fourth-order valence-corrected chi connectivity index (χ4v) is 5.42. The Hall–Kier alpha value is -4.10. The topological polar surface area (TPSA) is 79.4 Å². The molecule has 4 aromatic rings. The van der Waals surface area contributed by atoms with Gasteiger partial charge in [0.15, 0.2) is 0 Å². The van der Waals surface area contributed by atoms with Crippen molar-refractivity contribution in [1.82, 2.24) is 9.88 Å². The second-order valence-electron chi connectivity index (χ2n) is 9.07. The number of fused-ring (bicyclic) bond motifs is 1. The maximum Gasteiger partial charge on any atom is 0.262 e. The summed E-state index contributed by atoms with van der Waals surface area (Å²) in [6.07, 6.45) is 0. The van der Waals surface area contributed by atoms with Crippen LogP contribution in [0, 0.1) is 12.8 Å². The number of hydrogen-bond donors (Lipinski definition) is 1. The van der Waals surface area contributed by atoms with Crippen LogP contribution in [0.1, 0.15) is 39.4 Å². The minimum atomic E-state index is -0.925. The van der Waals surface area contributed by atoms with Crippen LogP contribution in [0.2, 0.25) is 0 Å². The normalized spacial score (nSPS) is 13.7. The van der Waals surface area contributed by atoms with Crippen molar-refractivity contribution in [2.24, 2.45) is 5.92 Å². The maximum absolute atomic E-state index is 13.3. The molecule has 0 fully saturated rings. The fraction of sp³-hybridized carbons (Fsp3) is 0.172. The van der Waals surface area contributed by atoms with Gasteiger partial charge in [-0.1, -0.05) is 68.4 Å². The Morgan fingerprint density at radius 2 is 1.42 bits per heavy atom. The first-order valence-electron chi connectivity index (χ1n) is 11.8. The average molecular weight is 496 g/mol. The Kier molecular flexibility index (Phi) is 6.24. The standard InChI is InChI=1S/C29H25N3O3S/c1-17(2)25(32-28(34)22-11-7-8-12-23(22)29(32)35)26(33)30-21-15-13-19(14-16-21)24-18(3)36-27(31-24)20-9-5-4-6-10-20/h4-17,25H,1-3H3,(H,30,33). The quantitative estimate of drug-likeness (QED) is 0.331. The minimum absolute atomic E-state index is 0.263. The third-order valence-electron chi connectivity index (χ3n) is 6.25. The number of anilines is 1. The summed E-state index contributed by atoms with van der Waals surface area (Å²) >= 11 is 1.64. The zero-order valence-electron chi connectivity index (χ0n) is 20.2. The van der Waals surface area contributed by atoms with E-state index in [1.807, 2.05) is 75.4 Å². The summed E-state index contributed by atoms with van der Waals surface area (Å²) in [4.78, 5) is 46.2. The SMILES string of the molecule is Cc1sc(-c2ccccc2)nc1-c1ccc(NC(=O)C(C(C)C)N2C(=O)c3ccccc3C2=O)cc1. The van der Waals surface area contributed by atoms with Crippen molar-refractivity contribution in [3.63, 3.8) is 0 Å². The molecule has 0 bridgehead atoms. The number of nitrogens with one attached hydrogen (secondary N) is 1. The third-order valence-corrected chi connectivity index (χ3v) is 7.27. The second-order valence-corrected chi connectivity index (χ2v) is 10.3. The molecule has 0 aliphatic carbocycles. The van der Waals surface area contributed by atoms with Crippen LogP contribution in [0.5, 0.6) is 0 Å². The van der Waals surface area contributed by atoms with Gasteiger partial charge in [0.1, 0.15) is 11.0 Å². The Morgan fingerprint density at radius 1 is 0.833 bits per heavy atom. The minimum Gasteiger partial charge on any atom is -0.324 e. The van der Waals surface area contributed by atoms with Crippen LogP contribution in [0.15, 0.2) is 78.9 Å². The molecule has 1 aromatic heterocycles. The monoisotopic (exact) mass is 495 g/mol. The molecule has 0 radical (unpaired) electrons. The van der Waals surface area contributed by atoms with Gasteiger partial charge < -0.3 is 5.32 Å². The van der Waals surface area contributed by atoms with Crippen LogP contribution in [0.4, 0.5) is 5.69 Å². The van der Waals surface area contributed by atoms with E-state index in [2.05, 4.69) is 5.32 Å². The van der Waals surface area contributed by atoms with E-state index in [0.717, 1.165) is 31.6 Å². The molecule has 1 N–H and O–H groups in total. The molecule has 0 saturated heterocycles. The van der Waals surface area contributed by atoms with Crippen molar-refractivity contribution in [3.8, 4) is 21.8 Å². The fourth-order valence-electron chi connectivity index (χ4n) is 4.47. The molecule has 2 heterocycles. The molecule has 3 aromatic carbocycles. The number of rotatable bonds is 6. The maximum atomic E-state index is 13.3. The molecular weight excluding hydrogens is 470 g/mol. The molecule has 0 spiro atoms. The summed E-state index contributed by atoms with van der Waals surface area (Å²) in [5, 5.41) is 3.85. The van der Waals surface area contributed by atoms with Gasteiger partial charge >= 0.3 is 0 Å². The Labute approximate surface area is 213 Å². The number of carbonyl (C=O) groups is 3. The van der Waals surface area contributed by atoms with Crippen molar-refractivity contribution in [1.29, 1.82) is 0 Å². The van der Waals surface area contributed by atoms with Gasteiger partial charge in [-0.05, 0) is 37.1 Å². The summed E-state index contributed by atoms with van der Waals surface area (Å²) in [6, 6.07) is 23.3. The Morgan fingerprint density at radius 3 is 2.00 bits per heavy atom. The van der Waals surface area contributed by atoms with Crippen LogP contribution in [0.3, 0.4) is 0 Å². The van der Waals surface area contributed by atoms with E-state index in [0.29, 0.717) is 16.8 Å². The van der Waals surface area contributed by atoms with Crippen molar-refractivity contribution < 1.29 is 14.4 Å². The van der Waals surface area contributed by atoms with Crippen LogP contribution < -0.4 is 5.32 Å². The number of imide groups is 1. The van der Waals surface area contributed by atoms with Gasteiger partial charge in [-0.2, -0.15) is 0 Å². The van der Waals surface area contributed by atoms with Crippen molar-refractivity contribution in [2.45, 2.75) is 26.8 Å². The van der Waals surface area contributed by atoms with E-state index in [1.165, 1.54) is 0 Å². The summed E-state index contributed by atoms with van der Waals surface area (Å²) < 4.78 is 0. The second kappa shape index (κ2) is 9.51. The van der Waals surface area contributed by atoms with Gasteiger partial charge in [0.2, 0.25) is 5.91 Å². The average Bonchev–Trinajstić information content (AvgIpc) is 3.39. The number of carbonyl (C=O) groups excluding carboxylic acids is 3. The highest BCUT2D eigenvalue weighted by molar-refractivity contribution is 7.15. The number of benzene rings is 3. The number of thiazole rings is 1. The van der Waals surface area contributed by atoms with Gasteiger partial charge in [0.05, 0.1) is 16.8 Å². The highest BCUT2D eigenvalue weighted by Crippen LogP contribution is 2.34. The van der Waals surface area contributed by atoms with Crippen LogP contribution in [-0.4, -0.2) is 33.6 Å². The largest absolute Gasteiger partial charge is 0.324 e. The first-order chi connectivity index (χ1) is 17.3. The molecule has 1 aliphatic heterocycles. The number of aryl methyl sites for hydroxylation is 1. The molecule has 3 amide bonds. The molecule has 36 heavy (non-hydrogen) atoms. The molecular formula is C29H25N3O3S. The van der Waals surface area contributed by atoms with Crippen molar-refractivity contribution >= 4 is 34.7 Å². The third kappa shape index (κ3) is 4.22. The van der Waals surface area contributed by atoms with Gasteiger partial charge in [-0.25, -0.2) is 4.98 Å². The molecule has 180 valence electrons. The molecule has 5 rings (SSSR count). The predicted molar refractivity (Wildman–Crippen MR) is 142 cm³/mol. The lowest BCUT2D eigenvalue weighted by molar-refractivity contribution is -0.121. The lowest BCUT2D eigenvalue weighted by atomic mass is 10.0. The van der Waals surface area contributed by atoms with Crippen LogP contribution in [0.25, 0.3) is 21.8 Å². The number of aromatic nitrogens is 1. The molecule has 7 heteroatoms. The van der Waals surface area contributed by atoms with Crippen LogP contribution >= 0.6 is 11.3 Å². The van der Waals surface area contributed by atoms with Gasteiger partial charge in [-0.15, -0.1) is 11.3 Å². The van der Waals surface area contributed by atoms with Crippen molar-refractivity contribution in [2.75, 3.05) is 5.32 Å². The smallest absolute Gasteiger partial charge is 0.262 e. The Bertz CT molecular complexity index is 1420. The van der Waals surface area contributed by atoms with E-state index < -0.39 is 23.8 Å². The van der Waals surface area contributed by atoms with E-state index >= 15 is 0 Å². The zero-order chi connectivity index (χ0) is 25.4. The van der Waals surface area contributed by atoms with Crippen LogP contribution in [-0.2, 0) is 4.79 Å². The van der Waals surface area contributed by atoms with E-state index in [9.17, 15) is 14.4 Å². The Balaban J connectivity index is 1.35. The van der Waals surface area contributed by atoms with Gasteiger partial charge in [-0.3, -0.25) is 19.3 Å². The molecule has 6 nitrogen and oxygen atoms in total. The summed E-state index contributed by atoms with van der Waals surface area (Å²) in [5.74, 6) is -1.54. The molecule has 0 saturated carbocycles. The lowest BCUT2D eigenvalue weighted by Gasteiger charge is -2.28. The number of hydrogen-bond acceptors (Lipinski definition) is 5. The van der Waals surface area contributed by atoms with E-state index in [4.69, 9.17) is 4.98 Å². The van der Waals surface area contributed by atoms with Crippen molar-refractivity contribution in [3.05, 3.63) is 94.9 Å². The zero-order valence-corrected chi connectivity index (χ0v) is 21.0. The molecule has 1 aliphatic rings. The summed E-state index contributed by atoms with van der Waals surface area (Å²) in [6.45, 7) is 5.70. The van der Waals surface area contributed by atoms with Gasteiger partial charge in [0.25, 0.3) is 11.8 Å². The molecule has 1 atom stereocenters. The van der Waals surface area contributed by atoms with Gasteiger partial charge in [0, 0.05) is 21.7 Å². The first-order valence-corrected chi connectivity index (χ1v) is 12.6. The first kappa shape index (κ1) is 23.6. The molecule has 1 unspecified atom stereocenters. The van der Waals surface area contributed by atoms with E-state index in [1.54, 1.807) is 35.6 Å². The van der Waals surface area contributed by atoms with E-state index in [-0.39, 0.29) is 5.92 Å². The lowest BCUT2D eigenvalue weighted by Crippen LogP contribution is -2.50. The number of nitrogens with zero attached hydrogens (tertiary/aromatic N) is 2. The summed E-state index contributed by atoms with van der Waals surface area (Å²) in [5.41, 5.74) is 4.18. The number of amides is 3. The highest BCUT2D eigenvalue weighted by Gasteiger charge is 2.43. The highest BCUT2D eigenvalue weighted by atomic mass is 32.1. The summed E-state index contributed by atoms with van der Waals surface area (Å²) in [7, 11) is 0.